The Morgan fingerprint density at radius 3 is 1.96 bits per heavy atom. The van der Waals surface area contributed by atoms with Crippen molar-refractivity contribution in [2.75, 3.05) is 41.5 Å². The summed E-state index contributed by atoms with van der Waals surface area (Å²) in [6, 6.07) is 0. The summed E-state index contributed by atoms with van der Waals surface area (Å²) >= 11 is 0. The summed E-state index contributed by atoms with van der Waals surface area (Å²) in [5.41, 5.74) is 7.57. The Hall–Kier alpha value is -2.41. The van der Waals surface area contributed by atoms with Gasteiger partial charge in [-0.1, -0.05) is 12.8 Å². The van der Waals surface area contributed by atoms with Crippen LogP contribution in [0.5, 0.6) is 23.0 Å². The van der Waals surface area contributed by atoms with Gasteiger partial charge in [0.1, 0.15) is 0 Å². The van der Waals surface area contributed by atoms with E-state index in [1.807, 2.05) is 6.92 Å². The predicted octanol–water partition coefficient (Wildman–Crippen LogP) is 3.07. The van der Waals surface area contributed by atoms with Gasteiger partial charge in [0, 0.05) is 23.2 Å². The molecular weight excluding hydrogens is 360 g/mol. The molecule has 1 rings (SSSR count). The molecule has 0 aliphatic rings. The lowest BCUT2D eigenvalue weighted by atomic mass is 10.0. The zero-order chi connectivity index (χ0) is 21.1. The number of ether oxygens (including phenoxy) is 4. The number of rotatable bonds is 12. The first-order chi connectivity index (χ1) is 13.5. The van der Waals surface area contributed by atoms with Crippen LogP contribution in [0.4, 0.5) is 0 Å². The number of unbranched alkanes of at least 4 members (excludes halogenated alkanes) is 3. The Labute approximate surface area is 168 Å². The molecule has 0 heterocycles. The molecule has 0 unspecified atom stereocenters. The topological polar surface area (TPSA) is 92.0 Å². The van der Waals surface area contributed by atoms with Crippen molar-refractivity contribution in [3.8, 4) is 23.0 Å². The van der Waals surface area contributed by atoms with Crippen molar-refractivity contribution in [1.29, 1.82) is 0 Å². The molecule has 0 radical (unpaired) electrons. The van der Waals surface area contributed by atoms with Crippen molar-refractivity contribution in [2.45, 2.75) is 39.5 Å². The lowest BCUT2D eigenvalue weighted by molar-refractivity contribution is -0.117. The van der Waals surface area contributed by atoms with Crippen LogP contribution in [0.2, 0.25) is 0 Å². The first-order valence-electron chi connectivity index (χ1n) is 9.49. The fourth-order valence-corrected chi connectivity index (χ4v) is 3.03. The van der Waals surface area contributed by atoms with Crippen molar-refractivity contribution in [3.05, 3.63) is 16.7 Å². The van der Waals surface area contributed by atoms with Crippen LogP contribution in [0.3, 0.4) is 0 Å². The summed E-state index contributed by atoms with van der Waals surface area (Å²) in [5, 5.41) is 2.95. The molecule has 1 aromatic carbocycles. The quantitative estimate of drug-likeness (QED) is 0.418. The van der Waals surface area contributed by atoms with Crippen LogP contribution in [0, 0.1) is 6.92 Å². The molecule has 0 aliphatic carbocycles. The summed E-state index contributed by atoms with van der Waals surface area (Å²) in [6.45, 7) is 5.01. The molecule has 28 heavy (non-hydrogen) atoms. The van der Waals surface area contributed by atoms with E-state index in [1.54, 1.807) is 34.3 Å². The first kappa shape index (κ1) is 23.6. The summed E-state index contributed by atoms with van der Waals surface area (Å²) < 4.78 is 22.0. The molecule has 0 saturated heterocycles. The highest BCUT2D eigenvalue weighted by molar-refractivity contribution is 5.98. The lowest BCUT2D eigenvalue weighted by Crippen LogP contribution is -2.25. The van der Waals surface area contributed by atoms with Crippen molar-refractivity contribution in [2.24, 2.45) is 5.73 Å². The van der Waals surface area contributed by atoms with Gasteiger partial charge in [0.05, 0.1) is 28.4 Å². The van der Waals surface area contributed by atoms with E-state index in [0.717, 1.165) is 31.2 Å². The maximum atomic E-state index is 12.5. The molecule has 7 nitrogen and oxygen atoms in total. The molecular formula is C21H34N2O5. The average Bonchev–Trinajstić information content (AvgIpc) is 2.70. The normalized spacial score (nSPS) is 11.2. The van der Waals surface area contributed by atoms with Crippen LogP contribution in [-0.2, 0) is 4.79 Å². The summed E-state index contributed by atoms with van der Waals surface area (Å²) in [4.78, 5) is 12.5. The Morgan fingerprint density at radius 1 is 0.893 bits per heavy atom. The van der Waals surface area contributed by atoms with E-state index in [0.29, 0.717) is 47.2 Å². The third-order valence-electron chi connectivity index (χ3n) is 4.56. The highest BCUT2D eigenvalue weighted by Crippen LogP contribution is 2.49. The molecule has 0 saturated carbocycles. The van der Waals surface area contributed by atoms with E-state index in [9.17, 15) is 4.79 Å². The maximum absolute atomic E-state index is 12.5. The minimum Gasteiger partial charge on any atom is -0.492 e. The number of carbonyl (C=O) groups is 1. The second-order valence-corrected chi connectivity index (χ2v) is 6.46. The predicted molar refractivity (Wildman–Crippen MR) is 112 cm³/mol. The van der Waals surface area contributed by atoms with Gasteiger partial charge in [-0.2, -0.15) is 0 Å². The van der Waals surface area contributed by atoms with Gasteiger partial charge < -0.3 is 30.0 Å². The molecule has 0 fully saturated rings. The molecule has 0 atom stereocenters. The third kappa shape index (κ3) is 5.79. The monoisotopic (exact) mass is 394 g/mol. The molecule has 1 amide bonds. The van der Waals surface area contributed by atoms with Crippen LogP contribution < -0.4 is 30.0 Å². The minimum atomic E-state index is -0.117. The Kier molecular flexibility index (Phi) is 10.2. The number of benzene rings is 1. The van der Waals surface area contributed by atoms with Crippen LogP contribution in [-0.4, -0.2) is 47.4 Å². The number of hydrogen-bond donors (Lipinski definition) is 2. The largest absolute Gasteiger partial charge is 0.492 e. The SMILES string of the molecule is COc1c(C)c(C=C(C)C(=O)NCCCCCCN)c(OC)c(OC)c1OC. The molecule has 3 N–H and O–H groups in total. The average molecular weight is 395 g/mol. The van der Waals surface area contributed by atoms with Gasteiger partial charge >= 0.3 is 0 Å². The number of methoxy groups -OCH3 is 4. The van der Waals surface area contributed by atoms with Gasteiger partial charge in [-0.15, -0.1) is 0 Å². The van der Waals surface area contributed by atoms with Crippen LogP contribution >= 0.6 is 0 Å². The van der Waals surface area contributed by atoms with Gasteiger partial charge in [0.2, 0.25) is 17.4 Å². The standard InChI is InChI=1S/C21H34N2O5/c1-14(21(24)23-12-10-8-7-9-11-22)13-16-15(2)17(25-3)19(27-5)20(28-6)18(16)26-4/h13H,7-12,22H2,1-6H3,(H,23,24). The van der Waals surface area contributed by atoms with Gasteiger partial charge in [-0.25, -0.2) is 0 Å². The van der Waals surface area contributed by atoms with E-state index in [4.69, 9.17) is 24.7 Å². The maximum Gasteiger partial charge on any atom is 0.246 e. The number of nitrogens with two attached hydrogens (primary N) is 1. The number of nitrogens with one attached hydrogen (secondary N) is 1. The second kappa shape index (κ2) is 12.1. The number of carbonyl (C=O) groups excluding carboxylic acids is 1. The van der Waals surface area contributed by atoms with Crippen LogP contribution in [0.15, 0.2) is 5.57 Å². The van der Waals surface area contributed by atoms with E-state index < -0.39 is 0 Å². The number of hydrogen-bond acceptors (Lipinski definition) is 6. The van der Waals surface area contributed by atoms with Gasteiger partial charge in [-0.05, 0) is 39.3 Å². The zero-order valence-electron chi connectivity index (χ0n) is 17.9. The molecule has 0 aliphatic heterocycles. The fourth-order valence-electron chi connectivity index (χ4n) is 3.03. The Balaban J connectivity index is 3.09. The Bertz CT molecular complexity index is 686. The van der Waals surface area contributed by atoms with Crippen LogP contribution in [0.25, 0.3) is 6.08 Å². The molecule has 0 aromatic heterocycles. The van der Waals surface area contributed by atoms with E-state index in [1.165, 1.54) is 7.11 Å². The van der Waals surface area contributed by atoms with E-state index >= 15 is 0 Å². The smallest absolute Gasteiger partial charge is 0.246 e. The molecule has 0 spiro atoms. The molecule has 7 heteroatoms. The molecule has 1 aromatic rings. The molecule has 158 valence electrons. The molecule has 0 bridgehead atoms. The van der Waals surface area contributed by atoms with Crippen molar-refractivity contribution in [3.63, 3.8) is 0 Å². The highest BCUT2D eigenvalue weighted by Gasteiger charge is 2.24. The van der Waals surface area contributed by atoms with E-state index in [2.05, 4.69) is 5.32 Å². The Morgan fingerprint density at radius 2 is 1.43 bits per heavy atom. The lowest BCUT2D eigenvalue weighted by Gasteiger charge is -2.20. The van der Waals surface area contributed by atoms with Gasteiger partial charge in [0.15, 0.2) is 11.5 Å². The minimum absolute atomic E-state index is 0.117. The summed E-state index contributed by atoms with van der Waals surface area (Å²) in [6.07, 6.45) is 5.88. The summed E-state index contributed by atoms with van der Waals surface area (Å²) in [5.74, 6) is 1.79. The number of amides is 1. The first-order valence-corrected chi connectivity index (χ1v) is 9.49. The highest BCUT2D eigenvalue weighted by atomic mass is 16.5. The second-order valence-electron chi connectivity index (χ2n) is 6.46. The third-order valence-corrected chi connectivity index (χ3v) is 4.56. The van der Waals surface area contributed by atoms with E-state index in [-0.39, 0.29) is 5.91 Å². The summed E-state index contributed by atoms with van der Waals surface area (Å²) in [7, 11) is 6.19. The van der Waals surface area contributed by atoms with Crippen molar-refractivity contribution >= 4 is 12.0 Å². The zero-order valence-corrected chi connectivity index (χ0v) is 17.9. The fraction of sp³-hybridized carbons (Fsp3) is 0.571. The van der Waals surface area contributed by atoms with Gasteiger partial charge in [-0.3, -0.25) is 4.79 Å². The van der Waals surface area contributed by atoms with Crippen molar-refractivity contribution < 1.29 is 23.7 Å². The van der Waals surface area contributed by atoms with Crippen LogP contribution in [0.1, 0.15) is 43.7 Å². The van der Waals surface area contributed by atoms with Gasteiger partial charge in [0.25, 0.3) is 0 Å². The van der Waals surface area contributed by atoms with Crippen molar-refractivity contribution in [1.82, 2.24) is 5.32 Å².